The number of anilines is 1. The van der Waals surface area contributed by atoms with Gasteiger partial charge in [-0.05, 0) is 105 Å². The van der Waals surface area contributed by atoms with Gasteiger partial charge in [0.2, 0.25) is 5.91 Å². The molecule has 1 aromatic heterocycles. The first kappa shape index (κ1) is 21.5. The fourth-order valence-electron chi connectivity index (χ4n) is 5.13. The molecule has 2 aromatic carbocycles. The van der Waals surface area contributed by atoms with Crippen molar-refractivity contribution in [2.45, 2.75) is 51.4 Å². The van der Waals surface area contributed by atoms with Crippen LogP contribution < -0.4 is 5.32 Å². The molecule has 1 aliphatic carbocycles. The van der Waals surface area contributed by atoms with Crippen molar-refractivity contribution in [3.05, 3.63) is 64.3 Å². The number of halogens is 1. The summed E-state index contributed by atoms with van der Waals surface area (Å²) in [7, 11) is 0. The molecule has 1 amide bonds. The molecule has 1 saturated carbocycles. The van der Waals surface area contributed by atoms with Gasteiger partial charge in [0.1, 0.15) is 0 Å². The third-order valence-corrected chi connectivity index (χ3v) is 7.73. The number of rotatable bonds is 6. The van der Waals surface area contributed by atoms with E-state index in [4.69, 9.17) is 11.6 Å². The van der Waals surface area contributed by atoms with Crippen molar-refractivity contribution in [1.82, 2.24) is 9.88 Å². The number of H-pyrrole nitrogens is 1. The lowest BCUT2D eigenvalue weighted by atomic mass is 9.85. The Balaban J connectivity index is 1.16. The number of benzene rings is 2. The summed E-state index contributed by atoms with van der Waals surface area (Å²) in [5.74, 6) is 0.992. The van der Waals surface area contributed by atoms with Crippen molar-refractivity contribution in [3.8, 4) is 0 Å². The van der Waals surface area contributed by atoms with Crippen LogP contribution in [0.2, 0.25) is 5.02 Å². The van der Waals surface area contributed by atoms with Crippen molar-refractivity contribution >= 4 is 34.1 Å². The van der Waals surface area contributed by atoms with E-state index in [1.54, 1.807) is 0 Å². The highest BCUT2D eigenvalue weighted by atomic mass is 35.5. The Morgan fingerprint density at radius 3 is 2.69 bits per heavy atom. The highest BCUT2D eigenvalue weighted by molar-refractivity contribution is 6.31. The molecule has 32 heavy (non-hydrogen) atoms. The molecular formula is C27H32ClN3O. The minimum Gasteiger partial charge on any atom is -0.361 e. The Morgan fingerprint density at radius 1 is 1.12 bits per heavy atom. The van der Waals surface area contributed by atoms with Crippen LogP contribution in [0.25, 0.3) is 10.9 Å². The Morgan fingerprint density at radius 2 is 1.94 bits per heavy atom. The Labute approximate surface area is 195 Å². The number of carbonyl (C=O) groups excluding carboxylic acids is 1. The largest absolute Gasteiger partial charge is 0.361 e. The summed E-state index contributed by atoms with van der Waals surface area (Å²) in [5.41, 5.74) is 6.17. The predicted octanol–water partition coefficient (Wildman–Crippen LogP) is 6.29. The molecule has 0 spiro atoms. The van der Waals surface area contributed by atoms with Crippen molar-refractivity contribution in [2.24, 2.45) is 5.92 Å². The number of hydrogen-bond donors (Lipinski definition) is 2. The zero-order valence-electron chi connectivity index (χ0n) is 18.8. The first-order chi connectivity index (χ1) is 15.6. The molecule has 5 heteroatoms. The van der Waals surface area contributed by atoms with Crippen LogP contribution in [0.5, 0.6) is 0 Å². The molecule has 4 nitrogen and oxygen atoms in total. The van der Waals surface area contributed by atoms with E-state index >= 15 is 0 Å². The highest BCUT2D eigenvalue weighted by Gasteiger charge is 2.25. The number of nitrogens with zero attached hydrogens (tertiary/aromatic N) is 1. The number of nitrogens with one attached hydrogen (secondary N) is 2. The predicted molar refractivity (Wildman–Crippen MR) is 133 cm³/mol. The average Bonchev–Trinajstić information content (AvgIpc) is 3.16. The molecule has 0 atom stereocenters. The van der Waals surface area contributed by atoms with Crippen LogP contribution >= 0.6 is 11.6 Å². The summed E-state index contributed by atoms with van der Waals surface area (Å²) in [6.07, 6.45) is 8.80. The minimum absolute atomic E-state index is 0.187. The molecule has 1 aliphatic heterocycles. The monoisotopic (exact) mass is 449 g/mol. The number of hydrogen-bond acceptors (Lipinski definition) is 2. The maximum Gasteiger partial charge on any atom is 0.227 e. The van der Waals surface area contributed by atoms with Gasteiger partial charge in [0.25, 0.3) is 0 Å². The molecule has 168 valence electrons. The Hall–Kier alpha value is -2.30. The van der Waals surface area contributed by atoms with Gasteiger partial charge in [-0.15, -0.1) is 0 Å². The second kappa shape index (κ2) is 9.29. The van der Waals surface area contributed by atoms with Crippen molar-refractivity contribution in [1.29, 1.82) is 0 Å². The third-order valence-electron chi connectivity index (χ3n) is 7.49. The molecule has 5 rings (SSSR count). The van der Waals surface area contributed by atoms with Crippen LogP contribution in [0.15, 0.2) is 42.6 Å². The number of amides is 1. The molecular weight excluding hydrogens is 418 g/mol. The van der Waals surface area contributed by atoms with Crippen LogP contribution in [-0.4, -0.2) is 35.4 Å². The normalized spacial score (nSPS) is 18.1. The molecule has 1 saturated heterocycles. The molecule has 2 aliphatic rings. The topological polar surface area (TPSA) is 48.1 Å². The number of likely N-dealkylation sites (tertiary alicyclic amines) is 1. The molecule has 2 heterocycles. The summed E-state index contributed by atoms with van der Waals surface area (Å²) >= 11 is 6.24. The van der Waals surface area contributed by atoms with E-state index in [0.29, 0.717) is 5.92 Å². The summed E-state index contributed by atoms with van der Waals surface area (Å²) in [6, 6.07) is 12.5. The molecule has 0 bridgehead atoms. The molecule has 2 N–H and O–H groups in total. The number of aryl methyl sites for hydroxylation is 1. The molecule has 3 aromatic rings. The Bertz CT molecular complexity index is 1110. The van der Waals surface area contributed by atoms with E-state index in [2.05, 4.69) is 52.6 Å². The molecule has 0 radical (unpaired) electrons. The maximum atomic E-state index is 12.3. The van der Waals surface area contributed by atoms with Gasteiger partial charge in [0.15, 0.2) is 0 Å². The lowest BCUT2D eigenvalue weighted by Crippen LogP contribution is -2.34. The lowest BCUT2D eigenvalue weighted by molar-refractivity contribution is -0.122. The average molecular weight is 450 g/mol. The van der Waals surface area contributed by atoms with Gasteiger partial charge < -0.3 is 15.2 Å². The standard InChI is InChI=1S/C27H32ClN3O/c1-18-5-7-23(30-27(32)20-3-2-4-20)15-21(18)11-14-31-12-9-19(10-13-31)25-17-29-26-8-6-22(28)16-24(25)26/h5-8,15-17,19-20,29H,2-4,9-14H2,1H3,(H,30,32). The zero-order chi connectivity index (χ0) is 22.1. The van der Waals surface area contributed by atoms with Crippen LogP contribution in [0, 0.1) is 12.8 Å². The number of aromatic amines is 1. The van der Waals surface area contributed by atoms with E-state index in [-0.39, 0.29) is 11.8 Å². The van der Waals surface area contributed by atoms with Crippen molar-refractivity contribution < 1.29 is 4.79 Å². The van der Waals surface area contributed by atoms with Crippen molar-refractivity contribution in [2.75, 3.05) is 25.0 Å². The zero-order valence-corrected chi connectivity index (χ0v) is 19.5. The van der Waals surface area contributed by atoms with Crippen LogP contribution in [-0.2, 0) is 11.2 Å². The fraction of sp³-hybridized carbons (Fsp3) is 0.444. The van der Waals surface area contributed by atoms with Crippen LogP contribution in [0.1, 0.15) is 54.7 Å². The number of piperidine rings is 1. The van der Waals surface area contributed by atoms with E-state index in [9.17, 15) is 4.79 Å². The SMILES string of the molecule is Cc1ccc(NC(=O)C2CCC2)cc1CCN1CCC(c2c[nH]c3ccc(Cl)cc23)CC1. The van der Waals surface area contributed by atoms with Gasteiger partial charge in [-0.25, -0.2) is 0 Å². The van der Waals surface area contributed by atoms with Gasteiger partial charge >= 0.3 is 0 Å². The van der Waals surface area contributed by atoms with Gasteiger partial charge in [-0.2, -0.15) is 0 Å². The fourth-order valence-corrected chi connectivity index (χ4v) is 5.30. The second-order valence-corrected chi connectivity index (χ2v) is 9.99. The smallest absolute Gasteiger partial charge is 0.227 e. The minimum atomic E-state index is 0.187. The number of aromatic nitrogens is 1. The van der Waals surface area contributed by atoms with E-state index in [0.717, 1.165) is 49.6 Å². The van der Waals surface area contributed by atoms with E-state index in [1.807, 2.05) is 12.1 Å². The van der Waals surface area contributed by atoms with E-state index in [1.165, 1.54) is 46.9 Å². The first-order valence-electron chi connectivity index (χ1n) is 12.0. The van der Waals surface area contributed by atoms with Gasteiger partial charge in [0.05, 0.1) is 0 Å². The van der Waals surface area contributed by atoms with Crippen LogP contribution in [0.4, 0.5) is 5.69 Å². The summed E-state index contributed by atoms with van der Waals surface area (Å²) in [6.45, 7) is 5.47. The highest BCUT2D eigenvalue weighted by Crippen LogP contribution is 2.34. The van der Waals surface area contributed by atoms with Crippen molar-refractivity contribution in [3.63, 3.8) is 0 Å². The maximum absolute atomic E-state index is 12.3. The lowest BCUT2D eigenvalue weighted by Gasteiger charge is -2.32. The van der Waals surface area contributed by atoms with Crippen LogP contribution in [0.3, 0.4) is 0 Å². The first-order valence-corrected chi connectivity index (χ1v) is 12.3. The Kier molecular flexibility index (Phi) is 6.25. The van der Waals surface area contributed by atoms with Gasteiger partial charge in [0, 0.05) is 40.3 Å². The number of fused-ring (bicyclic) bond motifs is 1. The quantitative estimate of drug-likeness (QED) is 0.464. The third kappa shape index (κ3) is 4.57. The van der Waals surface area contributed by atoms with Gasteiger partial charge in [-0.1, -0.05) is 24.1 Å². The summed E-state index contributed by atoms with van der Waals surface area (Å²) in [4.78, 5) is 18.3. The summed E-state index contributed by atoms with van der Waals surface area (Å²) in [5, 5.41) is 5.20. The number of carbonyl (C=O) groups is 1. The second-order valence-electron chi connectivity index (χ2n) is 9.56. The molecule has 2 fully saturated rings. The van der Waals surface area contributed by atoms with E-state index < -0.39 is 0 Å². The molecule has 0 unspecified atom stereocenters. The summed E-state index contributed by atoms with van der Waals surface area (Å²) < 4.78 is 0. The van der Waals surface area contributed by atoms with Gasteiger partial charge in [-0.3, -0.25) is 4.79 Å².